The minimum Gasteiger partial charge on any atom is -0.324 e. The van der Waals surface area contributed by atoms with Gasteiger partial charge >= 0.3 is 0 Å². The molecule has 2 bridgehead atoms. The molecular weight excluding hydrogens is 180 g/mol. The molecule has 1 aliphatic carbocycles. The highest BCUT2D eigenvalue weighted by atomic mass is 32.2. The molecule has 3 heteroatoms. The summed E-state index contributed by atoms with van der Waals surface area (Å²) in [4.78, 5) is 2.65. The predicted octanol–water partition coefficient (Wildman–Crippen LogP) is 1.06. The van der Waals surface area contributed by atoms with Crippen LogP contribution < -0.4 is 5.73 Å². The smallest absolute Gasteiger partial charge is 0.0283 e. The summed E-state index contributed by atoms with van der Waals surface area (Å²) < 4.78 is 0. The second-order valence-electron chi connectivity index (χ2n) is 4.99. The van der Waals surface area contributed by atoms with Gasteiger partial charge in [0.05, 0.1) is 0 Å². The van der Waals surface area contributed by atoms with E-state index in [1.54, 1.807) is 0 Å². The monoisotopic (exact) mass is 198 g/mol. The summed E-state index contributed by atoms with van der Waals surface area (Å²) >= 11 is 2.17. The molecule has 2 saturated heterocycles. The molecule has 2 aliphatic heterocycles. The van der Waals surface area contributed by atoms with Gasteiger partial charge in [-0.2, -0.15) is 11.8 Å². The highest BCUT2D eigenvalue weighted by Crippen LogP contribution is 2.40. The average Bonchev–Trinajstić information content (AvgIpc) is 2.62. The maximum atomic E-state index is 6.27. The van der Waals surface area contributed by atoms with Gasteiger partial charge in [0, 0.05) is 35.7 Å². The van der Waals surface area contributed by atoms with Crippen molar-refractivity contribution in [3.8, 4) is 0 Å². The molecular formula is C10H18N2S. The highest BCUT2D eigenvalue weighted by Gasteiger charge is 2.43. The van der Waals surface area contributed by atoms with Crippen molar-refractivity contribution >= 4 is 11.8 Å². The Labute approximate surface area is 84.2 Å². The van der Waals surface area contributed by atoms with E-state index in [0.29, 0.717) is 0 Å². The molecule has 0 aromatic carbocycles. The average molecular weight is 198 g/mol. The van der Waals surface area contributed by atoms with E-state index in [1.165, 1.54) is 44.5 Å². The third-order valence-electron chi connectivity index (χ3n) is 3.88. The minimum atomic E-state index is 0.204. The molecule has 13 heavy (non-hydrogen) atoms. The number of thioether (sulfide) groups is 1. The van der Waals surface area contributed by atoms with E-state index in [0.717, 1.165) is 11.3 Å². The molecule has 0 spiro atoms. The van der Waals surface area contributed by atoms with Crippen LogP contribution in [0.25, 0.3) is 0 Å². The lowest BCUT2D eigenvalue weighted by Gasteiger charge is -2.43. The van der Waals surface area contributed by atoms with E-state index in [1.807, 2.05) is 0 Å². The van der Waals surface area contributed by atoms with Crippen molar-refractivity contribution in [2.45, 2.75) is 42.5 Å². The number of fused-ring (bicyclic) bond motifs is 2. The van der Waals surface area contributed by atoms with Crippen LogP contribution in [-0.4, -0.2) is 40.6 Å². The molecule has 2 nitrogen and oxygen atoms in total. The fourth-order valence-electron chi connectivity index (χ4n) is 2.87. The van der Waals surface area contributed by atoms with Crippen molar-refractivity contribution in [1.29, 1.82) is 0 Å². The molecule has 0 radical (unpaired) electrons. The maximum absolute atomic E-state index is 6.27. The van der Waals surface area contributed by atoms with E-state index in [2.05, 4.69) is 16.7 Å². The maximum Gasteiger partial charge on any atom is 0.0283 e. The minimum absolute atomic E-state index is 0.204. The fraction of sp³-hybridized carbons (Fsp3) is 1.00. The number of rotatable bonds is 2. The van der Waals surface area contributed by atoms with Gasteiger partial charge in [0.15, 0.2) is 0 Å². The lowest BCUT2D eigenvalue weighted by atomic mass is 9.77. The second-order valence-corrected chi connectivity index (χ2v) is 6.32. The van der Waals surface area contributed by atoms with Gasteiger partial charge in [-0.05, 0) is 25.7 Å². The summed E-state index contributed by atoms with van der Waals surface area (Å²) in [6, 6.07) is 0.871. The van der Waals surface area contributed by atoms with Crippen molar-refractivity contribution in [3.05, 3.63) is 0 Å². The van der Waals surface area contributed by atoms with E-state index in [9.17, 15) is 0 Å². The normalized spacial score (nSPS) is 42.2. The van der Waals surface area contributed by atoms with Gasteiger partial charge in [-0.3, -0.25) is 4.90 Å². The highest BCUT2D eigenvalue weighted by molar-refractivity contribution is 8.00. The summed E-state index contributed by atoms with van der Waals surface area (Å²) in [5.41, 5.74) is 6.47. The molecule has 2 N–H and O–H groups in total. The molecule has 3 rings (SSSR count). The van der Waals surface area contributed by atoms with E-state index in [4.69, 9.17) is 5.73 Å². The Hall–Kier alpha value is 0.270. The van der Waals surface area contributed by atoms with Crippen LogP contribution in [0.4, 0.5) is 0 Å². The first-order valence-electron chi connectivity index (χ1n) is 5.40. The second kappa shape index (κ2) is 2.88. The lowest BCUT2D eigenvalue weighted by molar-refractivity contribution is 0.141. The molecule has 2 unspecified atom stereocenters. The topological polar surface area (TPSA) is 29.3 Å². The first-order chi connectivity index (χ1) is 6.25. The first kappa shape index (κ1) is 8.57. The Bertz CT molecular complexity index is 215. The van der Waals surface area contributed by atoms with Crippen LogP contribution >= 0.6 is 11.8 Å². The van der Waals surface area contributed by atoms with Gasteiger partial charge in [0.1, 0.15) is 0 Å². The molecule has 2 heterocycles. The van der Waals surface area contributed by atoms with Crippen molar-refractivity contribution in [2.24, 2.45) is 5.73 Å². The molecule has 2 atom stereocenters. The number of nitrogens with two attached hydrogens (primary N) is 1. The molecule has 0 aromatic rings. The molecule has 0 aromatic heterocycles. The Morgan fingerprint density at radius 2 is 2.31 bits per heavy atom. The molecule has 74 valence electrons. The summed E-state index contributed by atoms with van der Waals surface area (Å²) in [6.45, 7) is 2.49. The van der Waals surface area contributed by atoms with Gasteiger partial charge in [-0.25, -0.2) is 0 Å². The Morgan fingerprint density at radius 1 is 1.46 bits per heavy atom. The quantitative estimate of drug-likeness (QED) is 0.719. The van der Waals surface area contributed by atoms with Crippen LogP contribution in [-0.2, 0) is 0 Å². The fourth-order valence-corrected chi connectivity index (χ4v) is 4.36. The molecule has 3 aliphatic rings. The van der Waals surface area contributed by atoms with Crippen LogP contribution in [0.3, 0.4) is 0 Å². The van der Waals surface area contributed by atoms with Crippen molar-refractivity contribution < 1.29 is 0 Å². The summed E-state index contributed by atoms with van der Waals surface area (Å²) in [5, 5.41) is 0.939. The van der Waals surface area contributed by atoms with E-state index < -0.39 is 0 Å². The largest absolute Gasteiger partial charge is 0.324 e. The van der Waals surface area contributed by atoms with Gasteiger partial charge in [0.25, 0.3) is 0 Å². The summed E-state index contributed by atoms with van der Waals surface area (Å²) in [7, 11) is 0. The summed E-state index contributed by atoms with van der Waals surface area (Å²) in [5.74, 6) is 1.36. The van der Waals surface area contributed by atoms with Crippen molar-refractivity contribution in [2.75, 3.05) is 18.8 Å². The number of hydrogen-bond acceptors (Lipinski definition) is 3. The van der Waals surface area contributed by atoms with Gasteiger partial charge in [-0.15, -0.1) is 0 Å². The Balaban J connectivity index is 1.61. The third-order valence-corrected chi connectivity index (χ3v) is 5.27. The van der Waals surface area contributed by atoms with Crippen LogP contribution in [0, 0.1) is 0 Å². The zero-order valence-electron chi connectivity index (χ0n) is 8.04. The van der Waals surface area contributed by atoms with Crippen molar-refractivity contribution in [3.63, 3.8) is 0 Å². The molecule has 1 saturated carbocycles. The van der Waals surface area contributed by atoms with Gasteiger partial charge < -0.3 is 5.73 Å². The van der Waals surface area contributed by atoms with Crippen LogP contribution in [0.2, 0.25) is 0 Å². The molecule has 3 fully saturated rings. The van der Waals surface area contributed by atoms with Crippen LogP contribution in [0.1, 0.15) is 25.7 Å². The zero-order valence-corrected chi connectivity index (χ0v) is 8.85. The third kappa shape index (κ3) is 1.41. The lowest BCUT2D eigenvalue weighted by Crippen LogP contribution is -2.56. The van der Waals surface area contributed by atoms with Crippen molar-refractivity contribution in [1.82, 2.24) is 4.90 Å². The number of likely N-dealkylation sites (tertiary alicyclic amines) is 1. The van der Waals surface area contributed by atoms with Crippen LogP contribution in [0.15, 0.2) is 0 Å². The SMILES string of the molecule is NC1(CN2CC3CC2CS3)CCC1. The van der Waals surface area contributed by atoms with E-state index in [-0.39, 0.29) is 5.54 Å². The first-order valence-corrected chi connectivity index (χ1v) is 6.45. The van der Waals surface area contributed by atoms with Gasteiger partial charge in [-0.1, -0.05) is 0 Å². The van der Waals surface area contributed by atoms with Crippen LogP contribution in [0.5, 0.6) is 0 Å². The summed E-state index contributed by atoms with van der Waals surface area (Å²) in [6.07, 6.45) is 5.30. The molecule has 0 amide bonds. The zero-order chi connectivity index (χ0) is 8.89. The van der Waals surface area contributed by atoms with E-state index >= 15 is 0 Å². The van der Waals surface area contributed by atoms with Gasteiger partial charge in [0.2, 0.25) is 0 Å². The number of hydrogen-bond donors (Lipinski definition) is 1. The Morgan fingerprint density at radius 3 is 2.77 bits per heavy atom. The predicted molar refractivity (Wildman–Crippen MR) is 57.0 cm³/mol. The number of nitrogens with zero attached hydrogens (tertiary/aromatic N) is 1. The Kier molecular flexibility index (Phi) is 1.90. The standard InChI is InChI=1S/C10H18N2S/c11-10(2-1-3-10)7-12-5-9-4-8(12)6-13-9/h8-9H,1-7,11H2.